The lowest BCUT2D eigenvalue weighted by atomic mass is 9.74. The van der Waals surface area contributed by atoms with Crippen molar-refractivity contribution >= 4 is 24.0 Å². The zero-order valence-corrected chi connectivity index (χ0v) is 15.6. The summed E-state index contributed by atoms with van der Waals surface area (Å²) in [5.74, 6) is 0.626. The van der Waals surface area contributed by atoms with Crippen molar-refractivity contribution in [2.24, 2.45) is 11.7 Å². The van der Waals surface area contributed by atoms with Gasteiger partial charge in [0.15, 0.2) is 0 Å². The number of carbonyl (C=O) groups excluding carboxylic acids is 1. The van der Waals surface area contributed by atoms with Crippen molar-refractivity contribution in [3.05, 3.63) is 24.3 Å². The van der Waals surface area contributed by atoms with Crippen molar-refractivity contribution in [2.75, 3.05) is 18.5 Å². The Morgan fingerprint density at radius 2 is 2.20 bits per heavy atom. The smallest absolute Gasteiger partial charge is 0.229 e. The van der Waals surface area contributed by atoms with Crippen LogP contribution in [0, 0.1) is 5.92 Å². The van der Waals surface area contributed by atoms with Crippen LogP contribution in [0.5, 0.6) is 5.75 Å². The van der Waals surface area contributed by atoms with Crippen molar-refractivity contribution in [3.63, 3.8) is 0 Å². The summed E-state index contributed by atoms with van der Waals surface area (Å²) >= 11 is 0. The van der Waals surface area contributed by atoms with E-state index in [0.29, 0.717) is 6.61 Å². The molecule has 0 radical (unpaired) electrons. The molecule has 1 heterocycles. The van der Waals surface area contributed by atoms with E-state index in [1.54, 1.807) is 0 Å². The minimum Gasteiger partial charge on any atom is -0.491 e. The fourth-order valence-electron chi connectivity index (χ4n) is 3.65. The molecule has 25 heavy (non-hydrogen) atoms. The van der Waals surface area contributed by atoms with Gasteiger partial charge in [-0.25, -0.2) is 0 Å². The zero-order chi connectivity index (χ0) is 17.0. The lowest BCUT2D eigenvalue weighted by Crippen LogP contribution is -2.51. The number of ether oxygens (including phenoxy) is 2. The molecule has 6 heteroatoms. The average molecular weight is 369 g/mol. The van der Waals surface area contributed by atoms with Gasteiger partial charge < -0.3 is 20.5 Å². The summed E-state index contributed by atoms with van der Waals surface area (Å²) in [4.78, 5) is 12.6. The first-order valence-corrected chi connectivity index (χ1v) is 8.99. The predicted octanol–water partition coefficient (Wildman–Crippen LogP) is 3.51. The third-order valence-corrected chi connectivity index (χ3v) is 5.13. The second kappa shape index (κ2) is 8.88. The highest BCUT2D eigenvalue weighted by molar-refractivity contribution is 5.93. The van der Waals surface area contributed by atoms with Crippen LogP contribution in [-0.4, -0.2) is 30.8 Å². The van der Waals surface area contributed by atoms with Crippen molar-refractivity contribution in [1.82, 2.24) is 0 Å². The Bertz CT molecular complexity index is 574. The summed E-state index contributed by atoms with van der Waals surface area (Å²) < 4.78 is 11.4. The van der Waals surface area contributed by atoms with E-state index in [4.69, 9.17) is 15.2 Å². The molecule has 1 aromatic rings. The van der Waals surface area contributed by atoms with Gasteiger partial charge in [-0.1, -0.05) is 18.9 Å². The average Bonchev–Trinajstić information content (AvgIpc) is 3.06. The monoisotopic (exact) mass is 368 g/mol. The van der Waals surface area contributed by atoms with Crippen molar-refractivity contribution < 1.29 is 14.3 Å². The highest BCUT2D eigenvalue weighted by Gasteiger charge is 2.37. The molecule has 3 N–H and O–H groups in total. The molecule has 3 unspecified atom stereocenters. The van der Waals surface area contributed by atoms with E-state index in [2.05, 4.69) is 5.32 Å². The molecule has 0 bridgehead atoms. The van der Waals surface area contributed by atoms with Gasteiger partial charge in [0.05, 0.1) is 12.0 Å². The SMILES string of the molecule is CC1(N)CCCCC1C(=O)Nc1cccc(OCC2CCCO2)c1.Cl. The van der Waals surface area contributed by atoms with Crippen LogP contribution in [0.3, 0.4) is 0 Å². The van der Waals surface area contributed by atoms with E-state index in [1.807, 2.05) is 31.2 Å². The molecule has 2 aliphatic rings. The number of amides is 1. The summed E-state index contributed by atoms with van der Waals surface area (Å²) in [6.07, 6.45) is 6.25. The quantitative estimate of drug-likeness (QED) is 0.834. The van der Waals surface area contributed by atoms with Gasteiger partial charge in [-0.15, -0.1) is 12.4 Å². The Morgan fingerprint density at radius 3 is 2.92 bits per heavy atom. The van der Waals surface area contributed by atoms with Gasteiger partial charge >= 0.3 is 0 Å². The van der Waals surface area contributed by atoms with Crippen LogP contribution >= 0.6 is 12.4 Å². The molecule has 5 nitrogen and oxygen atoms in total. The molecule has 1 aliphatic carbocycles. The lowest BCUT2D eigenvalue weighted by molar-refractivity contribution is -0.122. The van der Waals surface area contributed by atoms with Crippen LogP contribution in [0.4, 0.5) is 5.69 Å². The zero-order valence-electron chi connectivity index (χ0n) is 14.8. The topological polar surface area (TPSA) is 73.6 Å². The van der Waals surface area contributed by atoms with Gasteiger partial charge in [0.2, 0.25) is 5.91 Å². The molecule has 1 amide bonds. The Labute approximate surface area is 156 Å². The van der Waals surface area contributed by atoms with Crippen LogP contribution in [0.2, 0.25) is 0 Å². The molecule has 1 saturated carbocycles. The molecule has 2 fully saturated rings. The van der Waals surface area contributed by atoms with Gasteiger partial charge in [0.25, 0.3) is 0 Å². The lowest BCUT2D eigenvalue weighted by Gasteiger charge is -2.37. The Balaban J connectivity index is 0.00000225. The minimum absolute atomic E-state index is 0. The number of nitrogens with one attached hydrogen (secondary N) is 1. The molecule has 0 spiro atoms. The molecule has 1 aliphatic heterocycles. The first-order valence-electron chi connectivity index (χ1n) is 8.99. The van der Waals surface area contributed by atoms with Gasteiger partial charge in [-0.3, -0.25) is 4.79 Å². The summed E-state index contributed by atoms with van der Waals surface area (Å²) in [5, 5.41) is 3.01. The first-order chi connectivity index (χ1) is 11.5. The normalized spacial score (nSPS) is 28.9. The van der Waals surface area contributed by atoms with Crippen LogP contribution in [0.25, 0.3) is 0 Å². The molecule has 0 aromatic heterocycles. The van der Waals surface area contributed by atoms with Gasteiger partial charge in [-0.05, 0) is 44.7 Å². The third kappa shape index (κ3) is 5.33. The van der Waals surface area contributed by atoms with Gasteiger partial charge in [-0.2, -0.15) is 0 Å². The van der Waals surface area contributed by atoms with Gasteiger partial charge in [0.1, 0.15) is 12.4 Å². The molecule has 140 valence electrons. The van der Waals surface area contributed by atoms with E-state index in [-0.39, 0.29) is 30.3 Å². The largest absolute Gasteiger partial charge is 0.491 e. The number of carbonyl (C=O) groups is 1. The Kier molecular flexibility index (Phi) is 7.11. The van der Waals surface area contributed by atoms with Crippen LogP contribution in [0.1, 0.15) is 45.4 Å². The van der Waals surface area contributed by atoms with E-state index in [0.717, 1.165) is 56.6 Å². The summed E-state index contributed by atoms with van der Waals surface area (Å²) in [5.41, 5.74) is 6.66. The fourth-order valence-corrected chi connectivity index (χ4v) is 3.65. The van der Waals surface area contributed by atoms with E-state index >= 15 is 0 Å². The van der Waals surface area contributed by atoms with E-state index < -0.39 is 5.54 Å². The Hall–Kier alpha value is -1.30. The highest BCUT2D eigenvalue weighted by Crippen LogP contribution is 2.32. The molecule has 1 aromatic carbocycles. The van der Waals surface area contributed by atoms with Crippen molar-refractivity contribution in [1.29, 1.82) is 0 Å². The maximum Gasteiger partial charge on any atom is 0.229 e. The second-order valence-corrected chi connectivity index (χ2v) is 7.27. The van der Waals surface area contributed by atoms with Crippen molar-refractivity contribution in [3.8, 4) is 5.75 Å². The number of rotatable bonds is 5. The van der Waals surface area contributed by atoms with Crippen LogP contribution in [-0.2, 0) is 9.53 Å². The van der Waals surface area contributed by atoms with Crippen LogP contribution < -0.4 is 15.8 Å². The van der Waals surface area contributed by atoms with Crippen LogP contribution in [0.15, 0.2) is 24.3 Å². The third-order valence-electron chi connectivity index (χ3n) is 5.13. The molecule has 1 saturated heterocycles. The number of anilines is 1. The standard InChI is InChI=1S/C19H28N2O3.ClH/c1-19(20)10-3-2-9-17(19)18(22)21-14-6-4-7-15(12-14)24-13-16-8-5-11-23-16;/h4,6-7,12,16-17H,2-3,5,8-11,13,20H2,1H3,(H,21,22);1H. The predicted molar refractivity (Wildman–Crippen MR) is 101 cm³/mol. The van der Waals surface area contributed by atoms with Gasteiger partial charge in [0, 0.05) is 23.9 Å². The maximum atomic E-state index is 12.6. The summed E-state index contributed by atoms with van der Waals surface area (Å²) in [6, 6.07) is 7.54. The second-order valence-electron chi connectivity index (χ2n) is 7.27. The number of hydrogen-bond acceptors (Lipinski definition) is 4. The highest BCUT2D eigenvalue weighted by atomic mass is 35.5. The van der Waals surface area contributed by atoms with Crippen molar-refractivity contribution in [2.45, 2.75) is 57.1 Å². The number of hydrogen-bond donors (Lipinski definition) is 2. The molecule has 3 atom stereocenters. The number of nitrogens with two attached hydrogens (primary N) is 1. The van der Waals surface area contributed by atoms with E-state index in [9.17, 15) is 4.79 Å². The minimum atomic E-state index is -0.420. The molecule has 3 rings (SSSR count). The fraction of sp³-hybridized carbons (Fsp3) is 0.632. The maximum absolute atomic E-state index is 12.6. The number of benzene rings is 1. The van der Waals surface area contributed by atoms with E-state index in [1.165, 1.54) is 0 Å². The molecular weight excluding hydrogens is 340 g/mol. The first kappa shape index (κ1) is 20.0. The Morgan fingerprint density at radius 1 is 1.36 bits per heavy atom. The summed E-state index contributed by atoms with van der Waals surface area (Å²) in [6.45, 7) is 3.36. The summed E-state index contributed by atoms with van der Waals surface area (Å²) in [7, 11) is 0. The molecular formula is C19H29ClN2O3. The number of halogens is 1.